The summed E-state index contributed by atoms with van der Waals surface area (Å²) in [5.74, 6) is 0.983. The SMILES string of the molecule is C[C@@H](NC1CCCCC1)C1CCCC1. The van der Waals surface area contributed by atoms with Crippen LogP contribution in [0.2, 0.25) is 0 Å². The molecule has 2 aliphatic rings. The molecule has 82 valence electrons. The lowest BCUT2D eigenvalue weighted by Crippen LogP contribution is -2.41. The van der Waals surface area contributed by atoms with Crippen LogP contribution in [0.4, 0.5) is 0 Å². The molecule has 1 heteroatoms. The molecule has 1 atom stereocenters. The van der Waals surface area contributed by atoms with E-state index in [0.29, 0.717) is 0 Å². The highest BCUT2D eigenvalue weighted by molar-refractivity contribution is 4.81. The molecule has 0 aromatic heterocycles. The summed E-state index contributed by atoms with van der Waals surface area (Å²) in [4.78, 5) is 0. The third-order valence-corrected chi connectivity index (χ3v) is 4.21. The van der Waals surface area contributed by atoms with Crippen molar-refractivity contribution in [3.05, 3.63) is 0 Å². The predicted molar refractivity (Wildman–Crippen MR) is 61.4 cm³/mol. The molecule has 0 unspecified atom stereocenters. The molecule has 0 aromatic rings. The second kappa shape index (κ2) is 5.16. The van der Waals surface area contributed by atoms with Gasteiger partial charge in [-0.25, -0.2) is 0 Å². The highest BCUT2D eigenvalue weighted by Crippen LogP contribution is 2.28. The lowest BCUT2D eigenvalue weighted by atomic mass is 9.92. The summed E-state index contributed by atoms with van der Waals surface area (Å²) < 4.78 is 0. The van der Waals surface area contributed by atoms with E-state index < -0.39 is 0 Å². The van der Waals surface area contributed by atoms with Crippen molar-refractivity contribution in [2.75, 3.05) is 0 Å². The van der Waals surface area contributed by atoms with Crippen LogP contribution in [0.3, 0.4) is 0 Å². The molecule has 1 N–H and O–H groups in total. The average molecular weight is 195 g/mol. The summed E-state index contributed by atoms with van der Waals surface area (Å²) in [5, 5.41) is 3.86. The van der Waals surface area contributed by atoms with Crippen molar-refractivity contribution in [1.82, 2.24) is 5.32 Å². The Kier molecular flexibility index (Phi) is 3.86. The quantitative estimate of drug-likeness (QED) is 0.727. The van der Waals surface area contributed by atoms with Gasteiger partial charge in [0.15, 0.2) is 0 Å². The van der Waals surface area contributed by atoms with Crippen molar-refractivity contribution in [1.29, 1.82) is 0 Å². The Balaban J connectivity index is 1.72. The van der Waals surface area contributed by atoms with Gasteiger partial charge in [0, 0.05) is 12.1 Å². The van der Waals surface area contributed by atoms with Crippen molar-refractivity contribution >= 4 is 0 Å². The largest absolute Gasteiger partial charge is 0.311 e. The second-order valence-corrected chi connectivity index (χ2v) is 5.33. The smallest absolute Gasteiger partial charge is 0.00696 e. The maximum atomic E-state index is 3.86. The molecule has 0 spiro atoms. The molecule has 2 fully saturated rings. The number of hydrogen-bond acceptors (Lipinski definition) is 1. The van der Waals surface area contributed by atoms with Crippen molar-refractivity contribution in [2.45, 2.75) is 76.8 Å². The molecule has 1 nitrogen and oxygen atoms in total. The van der Waals surface area contributed by atoms with Gasteiger partial charge in [0.25, 0.3) is 0 Å². The third-order valence-electron chi connectivity index (χ3n) is 4.21. The van der Waals surface area contributed by atoms with Gasteiger partial charge < -0.3 is 5.32 Å². The lowest BCUT2D eigenvalue weighted by Gasteiger charge is -2.29. The molecule has 0 heterocycles. The van der Waals surface area contributed by atoms with E-state index in [-0.39, 0.29) is 0 Å². The summed E-state index contributed by atoms with van der Waals surface area (Å²) in [6, 6.07) is 1.62. The molecule has 2 aliphatic carbocycles. The summed E-state index contributed by atoms with van der Waals surface area (Å²) in [5.41, 5.74) is 0. The van der Waals surface area contributed by atoms with Crippen molar-refractivity contribution < 1.29 is 0 Å². The fraction of sp³-hybridized carbons (Fsp3) is 1.00. The van der Waals surface area contributed by atoms with Crippen LogP contribution >= 0.6 is 0 Å². The number of nitrogens with one attached hydrogen (secondary N) is 1. The van der Waals surface area contributed by atoms with E-state index in [2.05, 4.69) is 12.2 Å². The Hall–Kier alpha value is -0.0400. The Morgan fingerprint density at radius 1 is 0.857 bits per heavy atom. The number of rotatable bonds is 3. The van der Waals surface area contributed by atoms with E-state index in [4.69, 9.17) is 0 Å². The van der Waals surface area contributed by atoms with Gasteiger partial charge in [-0.1, -0.05) is 32.1 Å². The summed E-state index contributed by atoms with van der Waals surface area (Å²) >= 11 is 0. The maximum absolute atomic E-state index is 3.86. The first-order valence-corrected chi connectivity index (χ1v) is 6.62. The van der Waals surface area contributed by atoms with E-state index in [1.807, 2.05) is 0 Å². The monoisotopic (exact) mass is 195 g/mol. The predicted octanol–water partition coefficient (Wildman–Crippen LogP) is 3.49. The standard InChI is InChI=1S/C13H25N/c1-11(12-7-5-6-8-12)14-13-9-3-2-4-10-13/h11-14H,2-10H2,1H3/t11-/m1/s1. The normalized spacial score (nSPS) is 28.1. The molecule has 0 aromatic carbocycles. The van der Waals surface area contributed by atoms with Crippen LogP contribution < -0.4 is 5.32 Å². The van der Waals surface area contributed by atoms with Crippen LogP contribution in [0.5, 0.6) is 0 Å². The lowest BCUT2D eigenvalue weighted by molar-refractivity contribution is 0.293. The first-order valence-electron chi connectivity index (χ1n) is 6.62. The minimum absolute atomic E-state index is 0.778. The van der Waals surface area contributed by atoms with Crippen LogP contribution in [0, 0.1) is 5.92 Å². The molecule has 0 bridgehead atoms. The molecule has 14 heavy (non-hydrogen) atoms. The minimum Gasteiger partial charge on any atom is -0.311 e. The van der Waals surface area contributed by atoms with Crippen molar-refractivity contribution in [3.63, 3.8) is 0 Å². The fourth-order valence-electron chi connectivity index (χ4n) is 3.23. The molecule has 0 amide bonds. The molecular formula is C13H25N. The van der Waals surface area contributed by atoms with E-state index in [1.54, 1.807) is 0 Å². The molecular weight excluding hydrogens is 170 g/mol. The second-order valence-electron chi connectivity index (χ2n) is 5.33. The molecule has 0 saturated heterocycles. The Bertz CT molecular complexity index is 155. The van der Waals surface area contributed by atoms with Gasteiger partial charge in [-0.15, -0.1) is 0 Å². The van der Waals surface area contributed by atoms with Crippen LogP contribution in [-0.4, -0.2) is 12.1 Å². The van der Waals surface area contributed by atoms with Crippen LogP contribution in [0.1, 0.15) is 64.7 Å². The van der Waals surface area contributed by atoms with Gasteiger partial charge in [-0.05, 0) is 38.5 Å². The topological polar surface area (TPSA) is 12.0 Å². The zero-order valence-corrected chi connectivity index (χ0v) is 9.60. The number of hydrogen-bond donors (Lipinski definition) is 1. The fourth-order valence-corrected chi connectivity index (χ4v) is 3.23. The Morgan fingerprint density at radius 2 is 1.43 bits per heavy atom. The van der Waals surface area contributed by atoms with E-state index in [9.17, 15) is 0 Å². The molecule has 2 saturated carbocycles. The first kappa shape index (κ1) is 10.5. The van der Waals surface area contributed by atoms with Crippen LogP contribution in [0.15, 0.2) is 0 Å². The van der Waals surface area contributed by atoms with E-state index >= 15 is 0 Å². The van der Waals surface area contributed by atoms with Crippen molar-refractivity contribution in [3.8, 4) is 0 Å². The van der Waals surface area contributed by atoms with Gasteiger partial charge in [-0.3, -0.25) is 0 Å². The van der Waals surface area contributed by atoms with Gasteiger partial charge in [0.1, 0.15) is 0 Å². The Labute approximate surface area is 88.7 Å². The van der Waals surface area contributed by atoms with Gasteiger partial charge in [-0.2, -0.15) is 0 Å². The minimum atomic E-state index is 0.778. The highest BCUT2D eigenvalue weighted by atomic mass is 15.0. The summed E-state index contributed by atoms with van der Waals surface area (Å²) in [7, 11) is 0. The van der Waals surface area contributed by atoms with Crippen LogP contribution in [0.25, 0.3) is 0 Å². The average Bonchev–Trinajstić information content (AvgIpc) is 2.72. The van der Waals surface area contributed by atoms with Gasteiger partial charge in [0.05, 0.1) is 0 Å². The zero-order valence-electron chi connectivity index (χ0n) is 9.60. The highest BCUT2D eigenvalue weighted by Gasteiger charge is 2.24. The maximum Gasteiger partial charge on any atom is 0.00696 e. The van der Waals surface area contributed by atoms with Gasteiger partial charge in [0.2, 0.25) is 0 Å². The van der Waals surface area contributed by atoms with E-state index in [0.717, 1.165) is 18.0 Å². The first-order chi connectivity index (χ1) is 6.86. The summed E-state index contributed by atoms with van der Waals surface area (Å²) in [6.07, 6.45) is 13.1. The van der Waals surface area contributed by atoms with E-state index in [1.165, 1.54) is 57.8 Å². The molecule has 2 rings (SSSR count). The molecule has 0 radical (unpaired) electrons. The van der Waals surface area contributed by atoms with Gasteiger partial charge >= 0.3 is 0 Å². The third kappa shape index (κ3) is 2.73. The zero-order chi connectivity index (χ0) is 9.80. The Morgan fingerprint density at radius 3 is 2.07 bits per heavy atom. The summed E-state index contributed by atoms with van der Waals surface area (Å²) in [6.45, 7) is 2.41. The van der Waals surface area contributed by atoms with Crippen LogP contribution in [-0.2, 0) is 0 Å². The molecule has 0 aliphatic heterocycles. The van der Waals surface area contributed by atoms with Crippen molar-refractivity contribution in [2.24, 2.45) is 5.92 Å².